The molecular weight excluding hydrogens is 174 g/mol. The van der Waals surface area contributed by atoms with E-state index in [2.05, 4.69) is 16.1 Å². The lowest BCUT2D eigenvalue weighted by atomic mass is 10.0. The van der Waals surface area contributed by atoms with Crippen LogP contribution in [0.3, 0.4) is 0 Å². The summed E-state index contributed by atoms with van der Waals surface area (Å²) in [5, 5.41) is 8.10. The summed E-state index contributed by atoms with van der Waals surface area (Å²) in [6.45, 7) is 3.93. The molecule has 0 spiro atoms. The van der Waals surface area contributed by atoms with Crippen molar-refractivity contribution in [2.75, 3.05) is 0 Å². The summed E-state index contributed by atoms with van der Waals surface area (Å²) in [7, 11) is 0. The van der Waals surface area contributed by atoms with Crippen molar-refractivity contribution in [1.82, 2.24) is 10.2 Å². The molecule has 1 atom stereocenters. The quantitative estimate of drug-likeness (QED) is 0.731. The standard InChI is InChI=1S/C11H15N3/c1-4-6-10(12)9-7-8(3)13-14-11(9)5-2/h1,7,10H,5-6,12H2,2-3H3. The molecule has 0 aliphatic rings. The summed E-state index contributed by atoms with van der Waals surface area (Å²) in [6.07, 6.45) is 6.60. The van der Waals surface area contributed by atoms with Crippen molar-refractivity contribution in [3.63, 3.8) is 0 Å². The molecule has 0 bridgehead atoms. The molecule has 3 nitrogen and oxygen atoms in total. The highest BCUT2D eigenvalue weighted by molar-refractivity contribution is 5.25. The molecule has 0 radical (unpaired) electrons. The van der Waals surface area contributed by atoms with Crippen LogP contribution >= 0.6 is 0 Å². The molecule has 3 heteroatoms. The third-order valence-electron chi connectivity index (χ3n) is 2.10. The summed E-state index contributed by atoms with van der Waals surface area (Å²) in [6, 6.07) is 1.84. The van der Waals surface area contributed by atoms with E-state index in [1.54, 1.807) is 0 Å². The Labute approximate surface area is 84.7 Å². The van der Waals surface area contributed by atoms with Crippen molar-refractivity contribution in [2.24, 2.45) is 5.73 Å². The average molecular weight is 189 g/mol. The summed E-state index contributed by atoms with van der Waals surface area (Å²) in [5.74, 6) is 2.56. The van der Waals surface area contributed by atoms with Gasteiger partial charge in [0.2, 0.25) is 0 Å². The van der Waals surface area contributed by atoms with Crippen LogP contribution in [0.5, 0.6) is 0 Å². The van der Waals surface area contributed by atoms with Gasteiger partial charge in [-0.3, -0.25) is 0 Å². The topological polar surface area (TPSA) is 51.8 Å². The number of nitrogens with zero attached hydrogens (tertiary/aromatic N) is 2. The summed E-state index contributed by atoms with van der Waals surface area (Å²) in [5.41, 5.74) is 8.79. The molecule has 1 aromatic rings. The molecule has 0 saturated carbocycles. The van der Waals surface area contributed by atoms with Crippen molar-refractivity contribution < 1.29 is 0 Å². The zero-order chi connectivity index (χ0) is 10.6. The highest BCUT2D eigenvalue weighted by Gasteiger charge is 2.11. The number of aromatic nitrogens is 2. The van der Waals surface area contributed by atoms with Crippen LogP contribution in [-0.4, -0.2) is 10.2 Å². The number of nitrogens with two attached hydrogens (primary N) is 1. The monoisotopic (exact) mass is 189 g/mol. The van der Waals surface area contributed by atoms with Crippen LogP contribution in [0.4, 0.5) is 0 Å². The lowest BCUT2D eigenvalue weighted by Gasteiger charge is -2.12. The van der Waals surface area contributed by atoms with E-state index in [0.29, 0.717) is 6.42 Å². The largest absolute Gasteiger partial charge is 0.323 e. The van der Waals surface area contributed by atoms with Crippen molar-refractivity contribution >= 4 is 0 Å². The zero-order valence-corrected chi connectivity index (χ0v) is 8.62. The maximum atomic E-state index is 5.94. The van der Waals surface area contributed by atoms with Crippen LogP contribution in [0, 0.1) is 19.3 Å². The first-order valence-electron chi connectivity index (χ1n) is 4.71. The maximum Gasteiger partial charge on any atom is 0.0676 e. The molecule has 1 heterocycles. The second kappa shape index (κ2) is 4.73. The highest BCUT2D eigenvalue weighted by atomic mass is 15.1. The van der Waals surface area contributed by atoms with Gasteiger partial charge in [-0.1, -0.05) is 6.92 Å². The van der Waals surface area contributed by atoms with Gasteiger partial charge in [0.1, 0.15) is 0 Å². The molecule has 1 aromatic heterocycles. The van der Waals surface area contributed by atoms with E-state index >= 15 is 0 Å². The molecule has 0 aliphatic carbocycles. The van der Waals surface area contributed by atoms with Crippen molar-refractivity contribution in [3.8, 4) is 12.3 Å². The molecule has 0 aromatic carbocycles. The fourth-order valence-corrected chi connectivity index (χ4v) is 1.37. The SMILES string of the molecule is C#CCC(N)c1cc(C)nnc1CC. The van der Waals surface area contributed by atoms with Gasteiger partial charge in [-0.05, 0) is 25.0 Å². The number of rotatable bonds is 3. The highest BCUT2D eigenvalue weighted by Crippen LogP contribution is 2.17. The lowest BCUT2D eigenvalue weighted by Crippen LogP contribution is -2.14. The Bertz CT molecular complexity index is 352. The van der Waals surface area contributed by atoms with Gasteiger partial charge < -0.3 is 5.73 Å². The van der Waals surface area contributed by atoms with E-state index in [0.717, 1.165) is 23.4 Å². The molecule has 1 unspecified atom stereocenters. The Hall–Kier alpha value is -1.40. The molecule has 74 valence electrons. The Morgan fingerprint density at radius 3 is 2.86 bits per heavy atom. The lowest BCUT2D eigenvalue weighted by molar-refractivity contribution is 0.716. The van der Waals surface area contributed by atoms with E-state index in [-0.39, 0.29) is 6.04 Å². The van der Waals surface area contributed by atoms with Gasteiger partial charge in [-0.25, -0.2) is 0 Å². The molecular formula is C11H15N3. The van der Waals surface area contributed by atoms with E-state index in [1.165, 1.54) is 0 Å². The van der Waals surface area contributed by atoms with Gasteiger partial charge in [-0.2, -0.15) is 10.2 Å². The number of hydrogen-bond acceptors (Lipinski definition) is 3. The van der Waals surface area contributed by atoms with Crippen molar-refractivity contribution in [1.29, 1.82) is 0 Å². The number of terminal acetylenes is 1. The van der Waals surface area contributed by atoms with E-state index in [4.69, 9.17) is 12.2 Å². The smallest absolute Gasteiger partial charge is 0.0676 e. The third-order valence-corrected chi connectivity index (χ3v) is 2.10. The average Bonchev–Trinajstić information content (AvgIpc) is 2.18. The first kappa shape index (κ1) is 10.7. The van der Waals surface area contributed by atoms with Crippen LogP contribution in [0.2, 0.25) is 0 Å². The zero-order valence-electron chi connectivity index (χ0n) is 8.62. The summed E-state index contributed by atoms with van der Waals surface area (Å²) < 4.78 is 0. The molecule has 0 saturated heterocycles. The second-order valence-electron chi connectivity index (χ2n) is 3.26. The van der Waals surface area contributed by atoms with Crippen LogP contribution in [-0.2, 0) is 6.42 Å². The third kappa shape index (κ3) is 2.30. The predicted molar refractivity (Wildman–Crippen MR) is 56.5 cm³/mol. The van der Waals surface area contributed by atoms with Crippen LogP contribution in [0.1, 0.15) is 36.3 Å². The minimum absolute atomic E-state index is 0.121. The van der Waals surface area contributed by atoms with E-state index < -0.39 is 0 Å². The Morgan fingerprint density at radius 2 is 2.29 bits per heavy atom. The van der Waals surface area contributed by atoms with Gasteiger partial charge in [0.15, 0.2) is 0 Å². The molecule has 0 aliphatic heterocycles. The minimum Gasteiger partial charge on any atom is -0.323 e. The van der Waals surface area contributed by atoms with Crippen LogP contribution in [0.15, 0.2) is 6.07 Å². The summed E-state index contributed by atoms with van der Waals surface area (Å²) in [4.78, 5) is 0. The molecule has 14 heavy (non-hydrogen) atoms. The number of aryl methyl sites for hydroxylation is 2. The van der Waals surface area contributed by atoms with Gasteiger partial charge in [0.05, 0.1) is 11.4 Å². The molecule has 0 amide bonds. The molecule has 1 rings (SSSR count). The van der Waals surface area contributed by atoms with Crippen LogP contribution in [0.25, 0.3) is 0 Å². The van der Waals surface area contributed by atoms with Gasteiger partial charge >= 0.3 is 0 Å². The minimum atomic E-state index is -0.121. The first-order chi connectivity index (χ1) is 6.69. The predicted octanol–water partition coefficient (Wildman–Crippen LogP) is 1.37. The van der Waals surface area contributed by atoms with Crippen LogP contribution < -0.4 is 5.73 Å². The van der Waals surface area contributed by atoms with Gasteiger partial charge in [0, 0.05) is 12.5 Å². The van der Waals surface area contributed by atoms with E-state index in [9.17, 15) is 0 Å². The van der Waals surface area contributed by atoms with E-state index in [1.807, 2.05) is 19.9 Å². The van der Waals surface area contributed by atoms with Crippen molar-refractivity contribution in [2.45, 2.75) is 32.7 Å². The molecule has 2 N–H and O–H groups in total. The Kier molecular flexibility index (Phi) is 3.61. The first-order valence-corrected chi connectivity index (χ1v) is 4.71. The Morgan fingerprint density at radius 1 is 1.57 bits per heavy atom. The summed E-state index contributed by atoms with van der Waals surface area (Å²) >= 11 is 0. The Balaban J connectivity index is 3.04. The second-order valence-corrected chi connectivity index (χ2v) is 3.26. The van der Waals surface area contributed by atoms with Gasteiger partial charge in [0.25, 0.3) is 0 Å². The van der Waals surface area contributed by atoms with Gasteiger partial charge in [-0.15, -0.1) is 12.3 Å². The normalized spacial score (nSPS) is 12.1. The molecule has 0 fully saturated rings. The van der Waals surface area contributed by atoms with Crippen molar-refractivity contribution in [3.05, 3.63) is 23.0 Å². The fraction of sp³-hybridized carbons (Fsp3) is 0.455. The number of hydrogen-bond donors (Lipinski definition) is 1. The maximum absolute atomic E-state index is 5.94. The fourth-order valence-electron chi connectivity index (χ4n) is 1.37.